The molecule has 1 amide bonds. The second kappa shape index (κ2) is 9.52. The fourth-order valence-electron chi connectivity index (χ4n) is 4.11. The number of aryl methyl sites for hydroxylation is 1. The normalized spacial score (nSPS) is 18.8. The number of carbonyl (C=O) groups excluding carboxylic acids is 1. The Hall–Kier alpha value is -2.55. The molecule has 32 heavy (non-hydrogen) atoms. The van der Waals surface area contributed by atoms with Crippen LogP contribution in [0.5, 0.6) is 0 Å². The van der Waals surface area contributed by atoms with Crippen molar-refractivity contribution in [3.05, 3.63) is 41.1 Å². The number of hydrogen-bond donors (Lipinski definition) is 0. The van der Waals surface area contributed by atoms with Gasteiger partial charge in [-0.05, 0) is 52.2 Å². The van der Waals surface area contributed by atoms with E-state index in [1.54, 1.807) is 27.8 Å². The lowest BCUT2D eigenvalue weighted by Crippen LogP contribution is -2.42. The maximum Gasteiger partial charge on any atom is 0.410 e. The van der Waals surface area contributed by atoms with Gasteiger partial charge >= 0.3 is 6.09 Å². The third-order valence-corrected chi connectivity index (χ3v) is 5.38. The highest BCUT2D eigenvalue weighted by Gasteiger charge is 2.35. The van der Waals surface area contributed by atoms with Crippen molar-refractivity contribution < 1.29 is 27.4 Å². The molecule has 0 bridgehead atoms. The summed E-state index contributed by atoms with van der Waals surface area (Å²) in [6.07, 6.45) is -0.394. The highest BCUT2D eigenvalue weighted by molar-refractivity contribution is 5.69. The lowest BCUT2D eigenvalue weighted by atomic mass is 10.0. The van der Waals surface area contributed by atoms with Crippen LogP contribution in [-0.4, -0.2) is 45.7 Å². The van der Waals surface area contributed by atoms with Crippen molar-refractivity contribution in [1.82, 2.24) is 14.7 Å². The zero-order valence-corrected chi connectivity index (χ0v) is 19.1. The van der Waals surface area contributed by atoms with E-state index < -0.39 is 29.5 Å². The summed E-state index contributed by atoms with van der Waals surface area (Å²) in [4.78, 5) is 14.5. The van der Waals surface area contributed by atoms with E-state index in [1.165, 1.54) is 28.8 Å². The van der Waals surface area contributed by atoms with Gasteiger partial charge in [0, 0.05) is 37.4 Å². The summed E-state index contributed by atoms with van der Waals surface area (Å²) in [6, 6.07) is 2.92. The molecular formula is C23H30F3N3O3. The van der Waals surface area contributed by atoms with Gasteiger partial charge in [-0.25, -0.2) is 18.0 Å². The number of methoxy groups -OCH3 is 1. The molecule has 0 unspecified atom stereocenters. The predicted molar refractivity (Wildman–Crippen MR) is 114 cm³/mol. The second-order valence-corrected chi connectivity index (χ2v) is 9.16. The van der Waals surface area contributed by atoms with E-state index in [4.69, 9.17) is 9.47 Å². The smallest absolute Gasteiger partial charge is 0.410 e. The Morgan fingerprint density at radius 2 is 1.88 bits per heavy atom. The van der Waals surface area contributed by atoms with Crippen LogP contribution in [0.1, 0.15) is 51.3 Å². The van der Waals surface area contributed by atoms with Crippen molar-refractivity contribution in [2.75, 3.05) is 7.11 Å². The maximum absolute atomic E-state index is 13.9. The van der Waals surface area contributed by atoms with E-state index in [1.807, 2.05) is 0 Å². The van der Waals surface area contributed by atoms with Crippen LogP contribution >= 0.6 is 0 Å². The highest BCUT2D eigenvalue weighted by atomic mass is 19.1. The second-order valence-electron chi connectivity index (χ2n) is 9.16. The molecule has 3 rings (SSSR count). The number of nitrogens with zero attached hydrogens (tertiary/aromatic N) is 3. The number of halogens is 3. The first-order chi connectivity index (χ1) is 15.0. The van der Waals surface area contributed by atoms with Crippen molar-refractivity contribution in [3.8, 4) is 11.3 Å². The average molecular weight is 454 g/mol. The third kappa shape index (κ3) is 5.62. The van der Waals surface area contributed by atoms with E-state index in [9.17, 15) is 18.0 Å². The molecule has 2 atom stereocenters. The Kier molecular flexibility index (Phi) is 7.17. The molecule has 2 aromatic rings. The fourth-order valence-corrected chi connectivity index (χ4v) is 4.11. The van der Waals surface area contributed by atoms with Crippen LogP contribution in [0.4, 0.5) is 18.0 Å². The first-order valence-corrected chi connectivity index (χ1v) is 10.6. The van der Waals surface area contributed by atoms with E-state index >= 15 is 0 Å². The van der Waals surface area contributed by atoms with Crippen molar-refractivity contribution in [1.29, 1.82) is 0 Å². The Bertz CT molecular complexity index is 951. The van der Waals surface area contributed by atoms with Gasteiger partial charge in [-0.15, -0.1) is 0 Å². The molecule has 1 aromatic heterocycles. The van der Waals surface area contributed by atoms with Crippen LogP contribution in [0.3, 0.4) is 0 Å². The number of benzene rings is 1. The Morgan fingerprint density at radius 1 is 1.22 bits per heavy atom. The van der Waals surface area contributed by atoms with Gasteiger partial charge in [0.2, 0.25) is 0 Å². The van der Waals surface area contributed by atoms with Gasteiger partial charge in [-0.3, -0.25) is 9.58 Å². The average Bonchev–Trinajstić information content (AvgIpc) is 3.20. The van der Waals surface area contributed by atoms with E-state index in [-0.39, 0.29) is 25.6 Å². The molecule has 1 aliphatic carbocycles. The lowest BCUT2D eigenvalue weighted by Gasteiger charge is -2.31. The van der Waals surface area contributed by atoms with Crippen molar-refractivity contribution >= 4 is 6.09 Å². The molecule has 0 spiro atoms. The van der Waals surface area contributed by atoms with Gasteiger partial charge in [-0.1, -0.05) is 0 Å². The van der Waals surface area contributed by atoms with Gasteiger partial charge in [0.15, 0.2) is 0 Å². The first-order valence-electron chi connectivity index (χ1n) is 10.6. The molecular weight excluding hydrogens is 423 g/mol. The first kappa shape index (κ1) is 24.1. The van der Waals surface area contributed by atoms with Gasteiger partial charge in [-0.2, -0.15) is 5.10 Å². The molecule has 1 fully saturated rings. The van der Waals surface area contributed by atoms with Gasteiger partial charge < -0.3 is 9.47 Å². The monoisotopic (exact) mass is 453 g/mol. The molecule has 9 heteroatoms. The summed E-state index contributed by atoms with van der Waals surface area (Å²) in [6.45, 7) is 5.49. The Balaban J connectivity index is 2.01. The van der Waals surface area contributed by atoms with E-state index in [2.05, 4.69) is 5.10 Å². The summed E-state index contributed by atoms with van der Waals surface area (Å²) in [5.74, 6) is -1.41. The molecule has 0 aliphatic heterocycles. The van der Waals surface area contributed by atoms with Gasteiger partial charge in [0.05, 0.1) is 24.5 Å². The Labute approximate surface area is 186 Å². The molecule has 0 N–H and O–H groups in total. The molecule has 176 valence electrons. The molecule has 1 aliphatic rings. The molecule has 0 radical (unpaired) electrons. The lowest BCUT2D eigenvalue weighted by molar-refractivity contribution is 0.0135. The van der Waals surface area contributed by atoms with Crippen molar-refractivity contribution in [2.45, 2.75) is 71.0 Å². The SMILES string of the molecule is COCc1c(CN(C(=O)OC(C)(C)C)[C@H]2CC[C@@H](F)C2)nn(C)c1-c1cc(F)cc(F)c1. The van der Waals surface area contributed by atoms with Gasteiger partial charge in [0.1, 0.15) is 23.4 Å². The number of amides is 1. The maximum atomic E-state index is 13.9. The molecule has 0 saturated heterocycles. The number of carbonyl (C=O) groups is 1. The van der Waals surface area contributed by atoms with Crippen molar-refractivity contribution in [3.63, 3.8) is 0 Å². The summed E-state index contributed by atoms with van der Waals surface area (Å²) < 4.78 is 54.1. The van der Waals surface area contributed by atoms with Crippen LogP contribution < -0.4 is 0 Å². The molecule has 1 heterocycles. The molecule has 1 saturated carbocycles. The highest BCUT2D eigenvalue weighted by Crippen LogP contribution is 2.32. The zero-order valence-electron chi connectivity index (χ0n) is 19.1. The molecule has 6 nitrogen and oxygen atoms in total. The summed E-state index contributed by atoms with van der Waals surface area (Å²) in [5.41, 5.74) is 1.18. The number of aromatic nitrogens is 2. The van der Waals surface area contributed by atoms with Crippen molar-refractivity contribution in [2.24, 2.45) is 7.05 Å². The third-order valence-electron chi connectivity index (χ3n) is 5.38. The van der Waals surface area contributed by atoms with Gasteiger partial charge in [0.25, 0.3) is 0 Å². The topological polar surface area (TPSA) is 56.6 Å². The standard InChI is InChI=1S/C23H30F3N3O3/c1-23(2,3)32-22(30)29(18-7-6-15(24)11-18)12-20-19(13-31-5)21(28(4)27-20)14-8-16(25)10-17(26)9-14/h8-10,15,18H,6-7,11-13H2,1-5H3/t15-,18+/m1/s1. The fraction of sp³-hybridized carbons (Fsp3) is 0.565. The predicted octanol–water partition coefficient (Wildman–Crippen LogP) is 5.14. The minimum atomic E-state index is -0.974. The van der Waals surface area contributed by atoms with Crippen LogP contribution in [0.15, 0.2) is 18.2 Å². The van der Waals surface area contributed by atoms with E-state index in [0.29, 0.717) is 35.4 Å². The van der Waals surface area contributed by atoms with E-state index in [0.717, 1.165) is 6.07 Å². The summed E-state index contributed by atoms with van der Waals surface area (Å²) in [7, 11) is 3.16. The number of hydrogen-bond acceptors (Lipinski definition) is 4. The number of alkyl halides is 1. The van der Waals surface area contributed by atoms with Crippen LogP contribution in [0, 0.1) is 11.6 Å². The quantitative estimate of drug-likeness (QED) is 0.608. The largest absolute Gasteiger partial charge is 0.444 e. The minimum Gasteiger partial charge on any atom is -0.444 e. The number of rotatable bonds is 6. The van der Waals surface area contributed by atoms with Crippen LogP contribution in [0.25, 0.3) is 11.3 Å². The summed E-state index contributed by atoms with van der Waals surface area (Å²) in [5, 5.41) is 4.52. The Morgan fingerprint density at radius 3 is 2.41 bits per heavy atom. The molecule has 1 aromatic carbocycles. The van der Waals surface area contributed by atoms with Crippen LogP contribution in [-0.2, 0) is 29.7 Å². The minimum absolute atomic E-state index is 0.0661. The van der Waals surface area contributed by atoms with Crippen LogP contribution in [0.2, 0.25) is 0 Å². The zero-order chi connectivity index (χ0) is 23.6. The number of ether oxygens (including phenoxy) is 2. The summed E-state index contributed by atoms with van der Waals surface area (Å²) >= 11 is 0.